The number of primary amides is 1. The van der Waals surface area contributed by atoms with Crippen molar-refractivity contribution in [2.75, 3.05) is 25.0 Å². The van der Waals surface area contributed by atoms with E-state index in [1.165, 1.54) is 37.8 Å². The monoisotopic (exact) mass is 348 g/mol. The van der Waals surface area contributed by atoms with E-state index >= 15 is 0 Å². The second-order valence-corrected chi connectivity index (χ2v) is 7.00. The van der Waals surface area contributed by atoms with Gasteiger partial charge >= 0.3 is 0 Å². The van der Waals surface area contributed by atoms with Gasteiger partial charge in [0.15, 0.2) is 0 Å². The molecule has 1 saturated heterocycles. The molecular formula is C18H28N4O3. The van der Waals surface area contributed by atoms with Gasteiger partial charge in [-0.2, -0.15) is 0 Å². The number of carbonyl (C=O) groups is 1. The number of nitrogens with zero attached hydrogens (tertiary/aromatic N) is 2. The summed E-state index contributed by atoms with van der Waals surface area (Å²) >= 11 is 0. The quantitative estimate of drug-likeness (QED) is 0.582. The number of likely N-dealkylation sites (tertiary alicyclic amines) is 1. The van der Waals surface area contributed by atoms with Gasteiger partial charge in [0.1, 0.15) is 5.69 Å². The Morgan fingerprint density at radius 2 is 1.92 bits per heavy atom. The minimum absolute atomic E-state index is 0.116. The Bertz CT molecular complexity index is 610. The molecular weight excluding hydrogens is 320 g/mol. The zero-order valence-corrected chi connectivity index (χ0v) is 15.0. The maximum absolute atomic E-state index is 11.3. The smallest absolute Gasteiger partial charge is 0.293 e. The number of hydrogen-bond donors (Lipinski definition) is 2. The summed E-state index contributed by atoms with van der Waals surface area (Å²) < 4.78 is 0. The highest BCUT2D eigenvalue weighted by atomic mass is 16.6. The Labute approximate surface area is 148 Å². The zero-order chi connectivity index (χ0) is 18.4. The highest BCUT2D eigenvalue weighted by molar-refractivity contribution is 5.94. The molecule has 1 aromatic rings. The largest absolute Gasteiger partial charge is 0.378 e. The summed E-state index contributed by atoms with van der Waals surface area (Å²) in [5.74, 6) is -0.228. The SMILES string of the molecule is CC(C)[C@@H](CNc1ccc(C(N)=O)cc1[N+](=O)[O-])N1CCCCCC1. The second kappa shape index (κ2) is 8.80. The zero-order valence-electron chi connectivity index (χ0n) is 15.0. The molecule has 138 valence electrons. The first-order chi connectivity index (χ1) is 11.9. The highest BCUT2D eigenvalue weighted by Gasteiger charge is 2.24. The predicted octanol–water partition coefficient (Wildman–Crippen LogP) is 3.01. The predicted molar refractivity (Wildman–Crippen MR) is 98.8 cm³/mol. The number of rotatable bonds is 7. The molecule has 3 N–H and O–H groups in total. The number of nitrogens with two attached hydrogens (primary N) is 1. The highest BCUT2D eigenvalue weighted by Crippen LogP contribution is 2.26. The molecule has 0 unspecified atom stereocenters. The Hall–Kier alpha value is -2.15. The van der Waals surface area contributed by atoms with Crippen LogP contribution in [0.1, 0.15) is 49.9 Å². The van der Waals surface area contributed by atoms with Gasteiger partial charge in [-0.1, -0.05) is 26.7 Å². The molecule has 1 aliphatic heterocycles. The molecule has 1 heterocycles. The molecule has 0 aliphatic carbocycles. The van der Waals surface area contributed by atoms with E-state index in [2.05, 4.69) is 24.1 Å². The maximum Gasteiger partial charge on any atom is 0.293 e. The van der Waals surface area contributed by atoms with Gasteiger partial charge in [0, 0.05) is 24.2 Å². The van der Waals surface area contributed by atoms with Crippen molar-refractivity contribution in [1.29, 1.82) is 0 Å². The molecule has 7 nitrogen and oxygen atoms in total. The van der Waals surface area contributed by atoms with Crippen LogP contribution >= 0.6 is 0 Å². The van der Waals surface area contributed by atoms with Crippen molar-refractivity contribution in [3.8, 4) is 0 Å². The molecule has 0 aromatic heterocycles. The third kappa shape index (κ3) is 5.16. The van der Waals surface area contributed by atoms with Crippen LogP contribution in [0, 0.1) is 16.0 Å². The number of carbonyl (C=O) groups excluding carboxylic acids is 1. The van der Waals surface area contributed by atoms with Crippen molar-refractivity contribution in [2.24, 2.45) is 11.7 Å². The molecule has 0 saturated carbocycles. The van der Waals surface area contributed by atoms with E-state index in [4.69, 9.17) is 5.73 Å². The molecule has 0 radical (unpaired) electrons. The van der Waals surface area contributed by atoms with Crippen molar-refractivity contribution >= 4 is 17.3 Å². The summed E-state index contributed by atoms with van der Waals surface area (Å²) in [4.78, 5) is 24.6. The van der Waals surface area contributed by atoms with Crippen LogP contribution in [0.5, 0.6) is 0 Å². The van der Waals surface area contributed by atoms with Crippen LogP contribution in [0.15, 0.2) is 18.2 Å². The van der Waals surface area contributed by atoms with Crippen LogP contribution in [0.25, 0.3) is 0 Å². The lowest BCUT2D eigenvalue weighted by molar-refractivity contribution is -0.384. The van der Waals surface area contributed by atoms with Gasteiger partial charge in [-0.3, -0.25) is 19.8 Å². The van der Waals surface area contributed by atoms with Crippen LogP contribution in [0.4, 0.5) is 11.4 Å². The van der Waals surface area contributed by atoms with E-state index in [1.54, 1.807) is 6.07 Å². The van der Waals surface area contributed by atoms with Gasteiger partial charge in [-0.25, -0.2) is 0 Å². The van der Waals surface area contributed by atoms with Crippen LogP contribution in [0.2, 0.25) is 0 Å². The third-order valence-corrected chi connectivity index (χ3v) is 4.86. The summed E-state index contributed by atoms with van der Waals surface area (Å²) in [5.41, 5.74) is 5.67. The molecule has 0 bridgehead atoms. The molecule has 25 heavy (non-hydrogen) atoms. The lowest BCUT2D eigenvalue weighted by atomic mass is 10.0. The Kier molecular flexibility index (Phi) is 6.75. The number of hydrogen-bond acceptors (Lipinski definition) is 5. The summed E-state index contributed by atoms with van der Waals surface area (Å²) in [7, 11) is 0. The topological polar surface area (TPSA) is 101 Å². The fourth-order valence-electron chi connectivity index (χ4n) is 3.41. The normalized spacial score (nSPS) is 17.1. The van der Waals surface area contributed by atoms with E-state index in [9.17, 15) is 14.9 Å². The van der Waals surface area contributed by atoms with E-state index in [0.29, 0.717) is 24.2 Å². The number of nitro benzene ring substituents is 1. The van der Waals surface area contributed by atoms with Crippen LogP contribution < -0.4 is 11.1 Å². The van der Waals surface area contributed by atoms with Crippen molar-refractivity contribution in [3.63, 3.8) is 0 Å². The van der Waals surface area contributed by atoms with Gasteiger partial charge in [-0.05, 0) is 44.0 Å². The van der Waals surface area contributed by atoms with Crippen LogP contribution in [0.3, 0.4) is 0 Å². The summed E-state index contributed by atoms with van der Waals surface area (Å²) in [5, 5.41) is 14.5. The number of nitrogens with one attached hydrogen (secondary N) is 1. The number of nitro groups is 1. The van der Waals surface area contributed by atoms with Crippen LogP contribution in [-0.4, -0.2) is 41.4 Å². The van der Waals surface area contributed by atoms with Gasteiger partial charge in [-0.15, -0.1) is 0 Å². The molecule has 1 amide bonds. The first-order valence-corrected chi connectivity index (χ1v) is 8.96. The maximum atomic E-state index is 11.3. The standard InChI is InChI=1S/C18H28N4O3/c1-13(2)17(21-9-5-3-4-6-10-21)12-20-15-8-7-14(18(19)23)11-16(15)22(24)25/h7-8,11,13,17,20H,3-6,9-10,12H2,1-2H3,(H2,19,23)/t17-/m1/s1. The molecule has 1 atom stereocenters. The Morgan fingerprint density at radius 3 is 2.44 bits per heavy atom. The number of anilines is 1. The van der Waals surface area contributed by atoms with Gasteiger partial charge in [0.25, 0.3) is 5.69 Å². The molecule has 1 fully saturated rings. The molecule has 2 rings (SSSR count). The average Bonchev–Trinajstić information content (AvgIpc) is 2.83. The summed E-state index contributed by atoms with van der Waals surface area (Å²) in [6, 6.07) is 4.64. The summed E-state index contributed by atoms with van der Waals surface area (Å²) in [6.07, 6.45) is 4.96. The first kappa shape index (κ1) is 19.2. The van der Waals surface area contributed by atoms with Gasteiger partial charge in [0.2, 0.25) is 5.91 Å². The Balaban J connectivity index is 2.14. The molecule has 1 aromatic carbocycles. The van der Waals surface area contributed by atoms with Crippen molar-refractivity contribution < 1.29 is 9.72 Å². The van der Waals surface area contributed by atoms with Crippen molar-refractivity contribution in [3.05, 3.63) is 33.9 Å². The summed E-state index contributed by atoms with van der Waals surface area (Å²) in [6.45, 7) is 7.15. The van der Waals surface area contributed by atoms with E-state index in [-0.39, 0.29) is 11.3 Å². The van der Waals surface area contributed by atoms with Crippen molar-refractivity contribution in [2.45, 2.75) is 45.6 Å². The minimum Gasteiger partial charge on any atom is -0.378 e. The van der Waals surface area contributed by atoms with E-state index in [0.717, 1.165) is 13.1 Å². The average molecular weight is 348 g/mol. The third-order valence-electron chi connectivity index (χ3n) is 4.86. The fraction of sp³-hybridized carbons (Fsp3) is 0.611. The van der Waals surface area contributed by atoms with Crippen molar-refractivity contribution in [1.82, 2.24) is 4.90 Å². The van der Waals surface area contributed by atoms with Gasteiger partial charge in [0.05, 0.1) is 4.92 Å². The van der Waals surface area contributed by atoms with Gasteiger partial charge < -0.3 is 11.1 Å². The van der Waals surface area contributed by atoms with Crippen LogP contribution in [-0.2, 0) is 0 Å². The Morgan fingerprint density at radius 1 is 1.28 bits per heavy atom. The lowest BCUT2D eigenvalue weighted by Crippen LogP contribution is -2.44. The molecule has 1 aliphatic rings. The lowest BCUT2D eigenvalue weighted by Gasteiger charge is -2.34. The fourth-order valence-corrected chi connectivity index (χ4v) is 3.41. The molecule has 7 heteroatoms. The van der Waals surface area contributed by atoms with E-state index in [1.807, 2.05) is 0 Å². The number of amides is 1. The second-order valence-electron chi connectivity index (χ2n) is 7.00. The first-order valence-electron chi connectivity index (χ1n) is 8.96. The number of benzene rings is 1. The molecule has 0 spiro atoms. The minimum atomic E-state index is -0.667. The van der Waals surface area contributed by atoms with E-state index < -0.39 is 10.8 Å².